The predicted molar refractivity (Wildman–Crippen MR) is 71.8 cm³/mol. The summed E-state index contributed by atoms with van der Waals surface area (Å²) in [5, 5.41) is 3.36. The zero-order chi connectivity index (χ0) is 12.5. The van der Waals surface area contributed by atoms with Crippen LogP contribution in [0.15, 0.2) is 23.0 Å². The number of fused-ring (bicyclic) bond motifs is 1. The fourth-order valence-corrected chi connectivity index (χ4v) is 2.59. The lowest BCUT2D eigenvalue weighted by atomic mass is 10.1. The summed E-state index contributed by atoms with van der Waals surface area (Å²) in [5.74, 6) is 0. The van der Waals surface area contributed by atoms with Gasteiger partial charge in [-0.1, -0.05) is 6.07 Å². The Morgan fingerprint density at radius 3 is 2.67 bits per heavy atom. The van der Waals surface area contributed by atoms with E-state index >= 15 is 0 Å². The number of rotatable bonds is 2. The van der Waals surface area contributed by atoms with Crippen LogP contribution in [0.25, 0.3) is 11.0 Å². The molecule has 1 unspecified atom stereocenters. The van der Waals surface area contributed by atoms with Gasteiger partial charge in [0.2, 0.25) is 0 Å². The second kappa shape index (κ2) is 4.59. The van der Waals surface area contributed by atoms with Gasteiger partial charge in [0.15, 0.2) is 0 Å². The number of H-pyrrole nitrogens is 2. The average Bonchev–Trinajstić information content (AvgIpc) is 2.78. The molecule has 0 radical (unpaired) electrons. The summed E-state index contributed by atoms with van der Waals surface area (Å²) in [5.41, 5.74) is 2.87. The van der Waals surface area contributed by atoms with Gasteiger partial charge in [-0.3, -0.25) is 4.90 Å². The molecule has 0 aliphatic carbocycles. The van der Waals surface area contributed by atoms with Crippen molar-refractivity contribution in [3.8, 4) is 0 Å². The van der Waals surface area contributed by atoms with E-state index in [0.29, 0.717) is 6.04 Å². The third-order valence-electron chi connectivity index (χ3n) is 3.72. The Morgan fingerprint density at radius 1 is 1.17 bits per heavy atom. The molecule has 2 aromatic rings. The first-order chi connectivity index (χ1) is 8.74. The molecule has 2 heterocycles. The van der Waals surface area contributed by atoms with E-state index in [1.54, 1.807) is 0 Å². The lowest BCUT2D eigenvalue weighted by Gasteiger charge is -2.33. The molecule has 1 aromatic heterocycles. The Balaban J connectivity index is 1.90. The number of aromatic nitrogens is 2. The average molecular weight is 246 g/mol. The second-order valence-electron chi connectivity index (χ2n) is 4.85. The van der Waals surface area contributed by atoms with E-state index in [-0.39, 0.29) is 5.69 Å². The molecular weight excluding hydrogens is 228 g/mol. The number of piperazine rings is 1. The van der Waals surface area contributed by atoms with Crippen LogP contribution in [0.3, 0.4) is 0 Å². The fraction of sp³-hybridized carbons (Fsp3) is 0.462. The number of aromatic amines is 2. The number of nitrogens with zero attached hydrogens (tertiary/aromatic N) is 1. The molecule has 1 atom stereocenters. The van der Waals surface area contributed by atoms with Gasteiger partial charge < -0.3 is 15.3 Å². The third-order valence-corrected chi connectivity index (χ3v) is 3.72. The topological polar surface area (TPSA) is 63.9 Å². The molecule has 0 spiro atoms. The van der Waals surface area contributed by atoms with E-state index in [9.17, 15) is 4.79 Å². The van der Waals surface area contributed by atoms with Gasteiger partial charge in [0.05, 0.1) is 11.0 Å². The van der Waals surface area contributed by atoms with Crippen LogP contribution in [-0.2, 0) is 0 Å². The SMILES string of the molecule is CC(c1ccc2[nH]c(=O)[nH]c2c1)N1CCNCC1. The van der Waals surface area contributed by atoms with Gasteiger partial charge in [0.1, 0.15) is 0 Å². The highest BCUT2D eigenvalue weighted by Crippen LogP contribution is 2.22. The van der Waals surface area contributed by atoms with E-state index in [1.165, 1.54) is 5.56 Å². The summed E-state index contributed by atoms with van der Waals surface area (Å²) in [6.07, 6.45) is 0. The molecule has 18 heavy (non-hydrogen) atoms. The lowest BCUT2D eigenvalue weighted by molar-refractivity contribution is 0.185. The van der Waals surface area contributed by atoms with E-state index in [4.69, 9.17) is 0 Å². The van der Waals surface area contributed by atoms with E-state index in [0.717, 1.165) is 37.2 Å². The summed E-state index contributed by atoms with van der Waals surface area (Å²) in [6, 6.07) is 6.52. The van der Waals surface area contributed by atoms with Crippen molar-refractivity contribution >= 4 is 11.0 Å². The quantitative estimate of drug-likeness (QED) is 0.735. The summed E-state index contributed by atoms with van der Waals surface area (Å²) < 4.78 is 0. The number of benzene rings is 1. The van der Waals surface area contributed by atoms with Crippen molar-refractivity contribution in [1.29, 1.82) is 0 Å². The molecule has 3 rings (SSSR count). The zero-order valence-corrected chi connectivity index (χ0v) is 10.5. The number of hydrogen-bond acceptors (Lipinski definition) is 3. The maximum Gasteiger partial charge on any atom is 0.323 e. The highest BCUT2D eigenvalue weighted by atomic mass is 16.1. The number of hydrogen-bond donors (Lipinski definition) is 3. The van der Waals surface area contributed by atoms with Gasteiger partial charge in [0.25, 0.3) is 0 Å². The maximum atomic E-state index is 11.2. The Bertz CT molecular complexity index is 594. The van der Waals surface area contributed by atoms with Crippen LogP contribution in [0.2, 0.25) is 0 Å². The minimum Gasteiger partial charge on any atom is -0.314 e. The summed E-state index contributed by atoms with van der Waals surface area (Å²) >= 11 is 0. The van der Waals surface area contributed by atoms with E-state index in [1.807, 2.05) is 6.07 Å². The van der Waals surface area contributed by atoms with Crippen molar-refractivity contribution in [2.45, 2.75) is 13.0 Å². The van der Waals surface area contributed by atoms with Crippen molar-refractivity contribution in [2.75, 3.05) is 26.2 Å². The van der Waals surface area contributed by atoms with Crippen molar-refractivity contribution in [3.05, 3.63) is 34.2 Å². The van der Waals surface area contributed by atoms with E-state index in [2.05, 4.69) is 39.2 Å². The van der Waals surface area contributed by atoms with Crippen LogP contribution < -0.4 is 11.0 Å². The summed E-state index contributed by atoms with van der Waals surface area (Å²) in [4.78, 5) is 19.3. The minimum absolute atomic E-state index is 0.142. The first kappa shape index (κ1) is 11.5. The summed E-state index contributed by atoms with van der Waals surface area (Å²) in [7, 11) is 0. The Labute approximate surface area is 105 Å². The lowest BCUT2D eigenvalue weighted by Crippen LogP contribution is -2.44. The van der Waals surface area contributed by atoms with Crippen LogP contribution in [0.1, 0.15) is 18.5 Å². The van der Waals surface area contributed by atoms with Crippen molar-refractivity contribution in [2.24, 2.45) is 0 Å². The van der Waals surface area contributed by atoms with Crippen LogP contribution in [0.4, 0.5) is 0 Å². The van der Waals surface area contributed by atoms with Crippen LogP contribution in [-0.4, -0.2) is 41.0 Å². The molecule has 5 heteroatoms. The summed E-state index contributed by atoms with van der Waals surface area (Å²) in [6.45, 7) is 6.46. The van der Waals surface area contributed by atoms with Gasteiger partial charge >= 0.3 is 5.69 Å². The van der Waals surface area contributed by atoms with Crippen molar-refractivity contribution in [1.82, 2.24) is 20.2 Å². The molecular formula is C13H18N4O. The predicted octanol–water partition coefficient (Wildman–Crippen LogP) is 0.822. The zero-order valence-electron chi connectivity index (χ0n) is 10.5. The van der Waals surface area contributed by atoms with Gasteiger partial charge in [-0.15, -0.1) is 0 Å². The Kier molecular flexibility index (Phi) is 2.93. The molecule has 0 amide bonds. The molecule has 1 saturated heterocycles. The van der Waals surface area contributed by atoms with Crippen molar-refractivity contribution in [3.63, 3.8) is 0 Å². The monoisotopic (exact) mass is 246 g/mol. The highest BCUT2D eigenvalue weighted by Gasteiger charge is 2.18. The molecule has 1 aromatic carbocycles. The molecule has 96 valence electrons. The first-order valence-corrected chi connectivity index (χ1v) is 6.41. The maximum absolute atomic E-state index is 11.2. The van der Waals surface area contributed by atoms with E-state index < -0.39 is 0 Å². The van der Waals surface area contributed by atoms with Crippen LogP contribution >= 0.6 is 0 Å². The molecule has 1 aliphatic rings. The smallest absolute Gasteiger partial charge is 0.314 e. The molecule has 1 aliphatic heterocycles. The van der Waals surface area contributed by atoms with Gasteiger partial charge in [-0.05, 0) is 24.6 Å². The van der Waals surface area contributed by atoms with Gasteiger partial charge in [-0.2, -0.15) is 0 Å². The minimum atomic E-state index is -0.142. The molecule has 3 N–H and O–H groups in total. The molecule has 5 nitrogen and oxygen atoms in total. The third kappa shape index (κ3) is 2.07. The molecule has 0 saturated carbocycles. The molecule has 0 bridgehead atoms. The van der Waals surface area contributed by atoms with Gasteiger partial charge in [-0.25, -0.2) is 4.79 Å². The van der Waals surface area contributed by atoms with Crippen LogP contribution in [0, 0.1) is 0 Å². The van der Waals surface area contributed by atoms with Crippen LogP contribution in [0.5, 0.6) is 0 Å². The normalized spacial score (nSPS) is 19.2. The number of nitrogens with one attached hydrogen (secondary N) is 3. The second-order valence-corrected chi connectivity index (χ2v) is 4.85. The number of imidazole rings is 1. The largest absolute Gasteiger partial charge is 0.323 e. The van der Waals surface area contributed by atoms with Gasteiger partial charge in [0, 0.05) is 32.2 Å². The fourth-order valence-electron chi connectivity index (χ4n) is 2.59. The Hall–Kier alpha value is -1.59. The Morgan fingerprint density at radius 2 is 1.89 bits per heavy atom. The standard InChI is InChI=1S/C13H18N4O/c1-9(17-6-4-14-5-7-17)10-2-3-11-12(8-10)16-13(18)15-11/h2-3,8-9,14H,4-7H2,1H3,(H2,15,16,18). The van der Waals surface area contributed by atoms with Crippen molar-refractivity contribution < 1.29 is 0 Å². The highest BCUT2D eigenvalue weighted by molar-refractivity contribution is 5.75. The molecule has 1 fully saturated rings. The first-order valence-electron chi connectivity index (χ1n) is 6.41.